The van der Waals surface area contributed by atoms with Crippen molar-refractivity contribution in [3.05, 3.63) is 71.1 Å². The molecule has 1 atom stereocenters. The number of hydrogen-bond acceptors (Lipinski definition) is 3. The summed E-state index contributed by atoms with van der Waals surface area (Å²) in [7, 11) is 0. The molecule has 0 spiro atoms. The lowest BCUT2D eigenvalue weighted by Gasteiger charge is -2.16. The molecule has 1 aliphatic heterocycles. The number of aryl methyl sites for hydroxylation is 1. The Hall–Kier alpha value is -3.30. The number of benzene rings is 2. The summed E-state index contributed by atoms with van der Waals surface area (Å²) in [6.45, 7) is -0.0249. The summed E-state index contributed by atoms with van der Waals surface area (Å²) in [4.78, 5) is 12.7. The lowest BCUT2D eigenvalue weighted by molar-refractivity contribution is -0.137. The standard InChI is InChI=1S/C20H15F5N4O/c21-14-5-4-11(8-15(14)22)10-26-19(30)16-6-7-17-27-28-18(29(16)17)12-2-1-3-13(9-12)20(23,24)25/h1-5,8-9,16H,6-7,10H2,(H,26,30). The zero-order valence-electron chi connectivity index (χ0n) is 15.4. The number of nitrogens with one attached hydrogen (secondary N) is 1. The predicted octanol–water partition coefficient (Wildman–Crippen LogP) is 4.05. The maximum absolute atomic E-state index is 13.3. The van der Waals surface area contributed by atoms with E-state index < -0.39 is 35.3 Å². The van der Waals surface area contributed by atoms with Crippen LogP contribution in [0.3, 0.4) is 0 Å². The number of aromatic nitrogens is 3. The number of alkyl halides is 3. The van der Waals surface area contributed by atoms with Crippen LogP contribution in [0, 0.1) is 11.6 Å². The minimum Gasteiger partial charge on any atom is -0.350 e. The summed E-state index contributed by atoms with van der Waals surface area (Å²) in [6, 6.07) is 7.26. The average molecular weight is 422 g/mol. The second-order valence-electron chi connectivity index (χ2n) is 6.91. The molecule has 2 aromatic carbocycles. The lowest BCUT2D eigenvalue weighted by Crippen LogP contribution is -2.31. The largest absolute Gasteiger partial charge is 0.416 e. The third-order valence-electron chi connectivity index (χ3n) is 4.92. The Labute approximate surface area is 167 Å². The minimum atomic E-state index is -4.51. The van der Waals surface area contributed by atoms with Gasteiger partial charge < -0.3 is 5.32 Å². The molecular formula is C20H15F5N4O. The first kappa shape index (κ1) is 20.0. The molecule has 0 bridgehead atoms. The fourth-order valence-corrected chi connectivity index (χ4v) is 3.45. The molecule has 0 radical (unpaired) electrons. The Bertz CT molecular complexity index is 1110. The fraction of sp³-hybridized carbons (Fsp3) is 0.250. The van der Waals surface area contributed by atoms with Gasteiger partial charge in [0.25, 0.3) is 0 Å². The van der Waals surface area contributed by atoms with Crippen molar-refractivity contribution in [1.29, 1.82) is 0 Å². The highest BCUT2D eigenvalue weighted by Gasteiger charge is 2.34. The van der Waals surface area contributed by atoms with Crippen molar-refractivity contribution in [3.8, 4) is 11.4 Å². The molecule has 0 saturated carbocycles. The van der Waals surface area contributed by atoms with Gasteiger partial charge in [0.1, 0.15) is 11.9 Å². The number of carbonyl (C=O) groups excluding carboxylic acids is 1. The second-order valence-corrected chi connectivity index (χ2v) is 6.91. The van der Waals surface area contributed by atoms with Gasteiger partial charge in [-0.1, -0.05) is 18.2 Å². The van der Waals surface area contributed by atoms with Crippen LogP contribution in [0.4, 0.5) is 22.0 Å². The highest BCUT2D eigenvalue weighted by Crippen LogP contribution is 2.35. The van der Waals surface area contributed by atoms with E-state index in [0.29, 0.717) is 24.2 Å². The van der Waals surface area contributed by atoms with Crippen molar-refractivity contribution in [1.82, 2.24) is 20.1 Å². The Kier molecular flexibility index (Phi) is 5.00. The summed E-state index contributed by atoms with van der Waals surface area (Å²) >= 11 is 0. The van der Waals surface area contributed by atoms with Crippen LogP contribution in [0.25, 0.3) is 11.4 Å². The molecule has 0 saturated heterocycles. The van der Waals surface area contributed by atoms with E-state index >= 15 is 0 Å². The maximum atomic E-state index is 13.3. The number of halogens is 5. The summed E-state index contributed by atoms with van der Waals surface area (Å²) < 4.78 is 67.0. The summed E-state index contributed by atoms with van der Waals surface area (Å²) in [5.74, 6) is -1.75. The topological polar surface area (TPSA) is 59.8 Å². The number of hydrogen-bond donors (Lipinski definition) is 1. The molecule has 1 amide bonds. The third-order valence-corrected chi connectivity index (χ3v) is 4.92. The van der Waals surface area contributed by atoms with Gasteiger partial charge in [-0.2, -0.15) is 13.2 Å². The van der Waals surface area contributed by atoms with Crippen LogP contribution in [0.1, 0.15) is 29.4 Å². The zero-order chi connectivity index (χ0) is 21.5. The van der Waals surface area contributed by atoms with E-state index in [9.17, 15) is 26.7 Å². The van der Waals surface area contributed by atoms with Crippen LogP contribution in [-0.4, -0.2) is 20.7 Å². The Balaban J connectivity index is 1.56. The quantitative estimate of drug-likeness (QED) is 0.646. The molecule has 0 aliphatic carbocycles. The van der Waals surface area contributed by atoms with Crippen molar-refractivity contribution >= 4 is 5.91 Å². The van der Waals surface area contributed by atoms with E-state index in [2.05, 4.69) is 15.5 Å². The van der Waals surface area contributed by atoms with Crippen LogP contribution >= 0.6 is 0 Å². The van der Waals surface area contributed by atoms with Crippen LogP contribution < -0.4 is 5.32 Å². The Morgan fingerprint density at radius 2 is 1.90 bits per heavy atom. The molecule has 1 aromatic heterocycles. The maximum Gasteiger partial charge on any atom is 0.416 e. The summed E-state index contributed by atoms with van der Waals surface area (Å²) in [5, 5.41) is 10.6. The first-order chi connectivity index (χ1) is 14.2. The van der Waals surface area contributed by atoms with Crippen molar-refractivity contribution < 1.29 is 26.7 Å². The molecule has 156 valence electrons. The van der Waals surface area contributed by atoms with E-state index in [1.807, 2.05) is 0 Å². The van der Waals surface area contributed by atoms with Crippen molar-refractivity contribution in [2.45, 2.75) is 31.6 Å². The molecule has 1 aliphatic rings. The molecule has 0 fully saturated rings. The monoisotopic (exact) mass is 422 g/mol. The van der Waals surface area contributed by atoms with Crippen LogP contribution in [0.15, 0.2) is 42.5 Å². The highest BCUT2D eigenvalue weighted by atomic mass is 19.4. The minimum absolute atomic E-state index is 0.0249. The van der Waals surface area contributed by atoms with Gasteiger partial charge in [0, 0.05) is 18.5 Å². The zero-order valence-corrected chi connectivity index (χ0v) is 15.4. The van der Waals surface area contributed by atoms with Gasteiger partial charge >= 0.3 is 6.18 Å². The van der Waals surface area contributed by atoms with Crippen molar-refractivity contribution in [2.24, 2.45) is 0 Å². The predicted molar refractivity (Wildman–Crippen MR) is 96.0 cm³/mol. The Morgan fingerprint density at radius 1 is 1.10 bits per heavy atom. The van der Waals surface area contributed by atoms with Gasteiger partial charge in [-0.3, -0.25) is 9.36 Å². The van der Waals surface area contributed by atoms with Gasteiger partial charge in [0.2, 0.25) is 5.91 Å². The highest BCUT2D eigenvalue weighted by molar-refractivity contribution is 5.81. The van der Waals surface area contributed by atoms with Gasteiger partial charge in [-0.25, -0.2) is 8.78 Å². The van der Waals surface area contributed by atoms with Crippen LogP contribution in [0.5, 0.6) is 0 Å². The Morgan fingerprint density at radius 3 is 2.63 bits per heavy atom. The SMILES string of the molecule is O=C(NCc1ccc(F)c(F)c1)C1CCc2nnc(-c3cccc(C(F)(F)F)c3)n21. The summed E-state index contributed by atoms with van der Waals surface area (Å²) in [5.41, 5.74) is -0.249. The smallest absolute Gasteiger partial charge is 0.350 e. The molecule has 4 rings (SSSR count). The van der Waals surface area contributed by atoms with Gasteiger partial charge in [-0.15, -0.1) is 10.2 Å². The average Bonchev–Trinajstić information content (AvgIpc) is 3.30. The molecule has 10 heteroatoms. The summed E-state index contributed by atoms with van der Waals surface area (Å²) in [6.07, 6.45) is -3.67. The number of carbonyl (C=O) groups is 1. The van der Waals surface area contributed by atoms with Crippen LogP contribution in [0.2, 0.25) is 0 Å². The van der Waals surface area contributed by atoms with Gasteiger partial charge in [0.05, 0.1) is 5.56 Å². The van der Waals surface area contributed by atoms with Crippen molar-refractivity contribution in [3.63, 3.8) is 0 Å². The van der Waals surface area contributed by atoms with E-state index in [0.717, 1.165) is 24.3 Å². The van der Waals surface area contributed by atoms with Crippen LogP contribution in [-0.2, 0) is 23.9 Å². The fourth-order valence-electron chi connectivity index (χ4n) is 3.45. The molecule has 5 nitrogen and oxygen atoms in total. The molecule has 1 N–H and O–H groups in total. The van der Waals surface area contributed by atoms with E-state index in [4.69, 9.17) is 0 Å². The molecule has 30 heavy (non-hydrogen) atoms. The molecule has 2 heterocycles. The van der Waals surface area contributed by atoms with E-state index in [-0.39, 0.29) is 17.9 Å². The number of amides is 1. The normalized spacial score (nSPS) is 15.8. The molecule has 1 unspecified atom stereocenters. The van der Waals surface area contributed by atoms with Gasteiger partial charge in [0.15, 0.2) is 17.5 Å². The second kappa shape index (κ2) is 7.51. The van der Waals surface area contributed by atoms with Crippen molar-refractivity contribution in [2.75, 3.05) is 0 Å². The first-order valence-corrected chi connectivity index (χ1v) is 9.07. The lowest BCUT2D eigenvalue weighted by atomic mass is 10.1. The molecular weight excluding hydrogens is 407 g/mol. The number of rotatable bonds is 4. The number of nitrogens with zero attached hydrogens (tertiary/aromatic N) is 3. The molecule has 3 aromatic rings. The van der Waals surface area contributed by atoms with E-state index in [1.54, 1.807) is 0 Å². The first-order valence-electron chi connectivity index (χ1n) is 9.07. The van der Waals surface area contributed by atoms with Gasteiger partial charge in [-0.05, 0) is 36.2 Å². The van der Waals surface area contributed by atoms with E-state index in [1.165, 1.54) is 22.8 Å². The third kappa shape index (κ3) is 3.77. The number of fused-ring (bicyclic) bond motifs is 1.